The van der Waals surface area contributed by atoms with Gasteiger partial charge in [0.05, 0.1) is 11.4 Å². The smallest absolute Gasteiger partial charge is 0.160 e. The lowest BCUT2D eigenvalue weighted by Crippen LogP contribution is -1.96. The predicted molar refractivity (Wildman–Crippen MR) is 229 cm³/mol. The molecule has 2 heterocycles. The zero-order valence-electron chi connectivity index (χ0n) is 29.8. The van der Waals surface area contributed by atoms with Gasteiger partial charge in [0, 0.05) is 27.5 Å². The van der Waals surface area contributed by atoms with Crippen molar-refractivity contribution >= 4 is 54.3 Å². The quantitative estimate of drug-likeness (QED) is 0.133. The molecule has 55 heavy (non-hydrogen) atoms. The van der Waals surface area contributed by atoms with Gasteiger partial charge in [0.15, 0.2) is 5.82 Å². The van der Waals surface area contributed by atoms with Gasteiger partial charge in [0.25, 0.3) is 0 Å². The van der Waals surface area contributed by atoms with Crippen LogP contribution in [0.5, 0.6) is 0 Å². The molecule has 0 bridgehead atoms. The Morgan fingerprint density at radius 2 is 0.945 bits per heavy atom. The Morgan fingerprint density at radius 1 is 0.327 bits per heavy atom. The third-order valence-electron chi connectivity index (χ3n) is 10.9. The Kier molecular flexibility index (Phi) is 7.17. The minimum absolute atomic E-state index is 0.671. The van der Waals surface area contributed by atoms with Crippen molar-refractivity contribution < 1.29 is 4.42 Å². The van der Waals surface area contributed by atoms with Crippen molar-refractivity contribution in [2.24, 2.45) is 0 Å². The summed E-state index contributed by atoms with van der Waals surface area (Å²) < 4.78 is 6.30. The largest absolute Gasteiger partial charge is 0.456 e. The number of para-hydroxylation sites is 1. The van der Waals surface area contributed by atoms with E-state index in [9.17, 15) is 0 Å². The maximum atomic E-state index is 6.30. The molecule has 0 aliphatic rings. The van der Waals surface area contributed by atoms with E-state index in [-0.39, 0.29) is 0 Å². The van der Waals surface area contributed by atoms with Gasteiger partial charge in [0.1, 0.15) is 11.2 Å². The fraction of sp³-hybridized carbons (Fsp3) is 0. The summed E-state index contributed by atoms with van der Waals surface area (Å²) in [4.78, 5) is 10.5. The Hall–Kier alpha value is -7.36. The van der Waals surface area contributed by atoms with Crippen LogP contribution < -0.4 is 0 Å². The van der Waals surface area contributed by atoms with Crippen LogP contribution in [0.3, 0.4) is 0 Å². The number of aromatic nitrogens is 2. The van der Waals surface area contributed by atoms with Crippen LogP contribution in [0.15, 0.2) is 199 Å². The van der Waals surface area contributed by atoms with Gasteiger partial charge in [-0.2, -0.15) is 0 Å². The van der Waals surface area contributed by atoms with Gasteiger partial charge in [0.2, 0.25) is 0 Å². The maximum absolute atomic E-state index is 6.30. The SMILES string of the molecule is c1ccc(-c2ccc(-c3cc(-c4cccc5oc6ccccc6c45)nc(-c4ccc(-c5c6ccccc6cc6c5ccc5ccccc56)cc4)n3)cc2)cc1. The molecular weight excluding hydrogens is 669 g/mol. The lowest BCUT2D eigenvalue weighted by molar-refractivity contribution is 0.669. The molecule has 0 N–H and O–H groups in total. The van der Waals surface area contributed by atoms with Gasteiger partial charge in [-0.05, 0) is 78.8 Å². The zero-order valence-corrected chi connectivity index (χ0v) is 29.8. The summed E-state index contributed by atoms with van der Waals surface area (Å²) in [6, 6.07) is 68.6. The Bertz CT molecular complexity index is 3230. The molecule has 11 aromatic rings. The van der Waals surface area contributed by atoms with Crippen LogP contribution in [0.4, 0.5) is 0 Å². The van der Waals surface area contributed by atoms with E-state index in [4.69, 9.17) is 14.4 Å². The minimum Gasteiger partial charge on any atom is -0.456 e. The third-order valence-corrected chi connectivity index (χ3v) is 10.9. The molecule has 0 spiro atoms. The van der Waals surface area contributed by atoms with Crippen LogP contribution in [-0.2, 0) is 0 Å². The highest BCUT2D eigenvalue weighted by atomic mass is 16.3. The Balaban J connectivity index is 1.08. The summed E-state index contributed by atoms with van der Waals surface area (Å²) in [5.41, 5.74) is 11.1. The van der Waals surface area contributed by atoms with Crippen molar-refractivity contribution in [2.75, 3.05) is 0 Å². The molecule has 11 rings (SSSR count). The number of fused-ring (bicyclic) bond motifs is 7. The average molecular weight is 701 g/mol. The van der Waals surface area contributed by atoms with E-state index in [1.807, 2.05) is 30.3 Å². The molecule has 3 heteroatoms. The number of nitrogens with zero attached hydrogens (tertiary/aromatic N) is 2. The van der Waals surface area contributed by atoms with Crippen LogP contribution >= 0.6 is 0 Å². The van der Waals surface area contributed by atoms with E-state index < -0.39 is 0 Å². The monoisotopic (exact) mass is 700 g/mol. The normalized spacial score (nSPS) is 11.6. The van der Waals surface area contributed by atoms with Gasteiger partial charge in [-0.3, -0.25) is 0 Å². The maximum Gasteiger partial charge on any atom is 0.160 e. The summed E-state index contributed by atoms with van der Waals surface area (Å²) in [6.07, 6.45) is 0. The van der Waals surface area contributed by atoms with Crippen LogP contribution in [0.1, 0.15) is 0 Å². The number of benzene rings is 9. The van der Waals surface area contributed by atoms with Crippen molar-refractivity contribution in [1.82, 2.24) is 9.97 Å². The Labute approximate surface area is 317 Å². The molecule has 9 aromatic carbocycles. The second kappa shape index (κ2) is 12.6. The van der Waals surface area contributed by atoms with E-state index in [1.165, 1.54) is 43.4 Å². The van der Waals surface area contributed by atoms with E-state index >= 15 is 0 Å². The second-order valence-electron chi connectivity index (χ2n) is 14.1. The standard InChI is InChI=1S/C52H32N2O/c1-2-11-33(12-3-1)34-21-23-36(24-22-34)46-32-47(43-18-10-20-49-51(43)44-17-8-9-19-48(44)55-49)54-52(53-46)38-27-25-37(26-28-38)50-41-16-7-5-14-39(41)31-45-40-15-6-4-13-35(40)29-30-42(45)50/h1-32H. The second-order valence-corrected chi connectivity index (χ2v) is 14.1. The van der Waals surface area contributed by atoms with Crippen molar-refractivity contribution in [3.8, 4) is 56.2 Å². The van der Waals surface area contributed by atoms with Crippen molar-refractivity contribution in [3.05, 3.63) is 194 Å². The van der Waals surface area contributed by atoms with E-state index in [0.29, 0.717) is 5.82 Å². The first kappa shape index (κ1) is 31.2. The lowest BCUT2D eigenvalue weighted by Gasteiger charge is -2.15. The molecule has 0 radical (unpaired) electrons. The molecule has 0 saturated carbocycles. The molecule has 3 nitrogen and oxygen atoms in total. The molecule has 0 aliphatic carbocycles. The Morgan fingerprint density at radius 3 is 1.78 bits per heavy atom. The van der Waals surface area contributed by atoms with E-state index in [2.05, 4.69) is 164 Å². The van der Waals surface area contributed by atoms with Crippen molar-refractivity contribution in [2.45, 2.75) is 0 Å². The lowest BCUT2D eigenvalue weighted by atomic mass is 9.89. The first-order chi connectivity index (χ1) is 27.2. The summed E-state index contributed by atoms with van der Waals surface area (Å²) >= 11 is 0. The van der Waals surface area contributed by atoms with Crippen LogP contribution in [0, 0.1) is 0 Å². The molecule has 2 aromatic heterocycles. The summed E-state index contributed by atoms with van der Waals surface area (Å²) in [5.74, 6) is 0.671. The fourth-order valence-corrected chi connectivity index (χ4v) is 8.23. The number of rotatable bonds is 5. The van der Waals surface area contributed by atoms with Crippen molar-refractivity contribution in [1.29, 1.82) is 0 Å². The summed E-state index contributed by atoms with van der Waals surface area (Å²) in [7, 11) is 0. The van der Waals surface area contributed by atoms with Crippen molar-refractivity contribution in [3.63, 3.8) is 0 Å². The molecule has 0 atom stereocenters. The number of furan rings is 1. The topological polar surface area (TPSA) is 38.9 Å². The zero-order chi connectivity index (χ0) is 36.3. The fourth-order valence-electron chi connectivity index (χ4n) is 8.23. The summed E-state index contributed by atoms with van der Waals surface area (Å²) in [6.45, 7) is 0. The molecule has 0 fully saturated rings. The molecular formula is C52H32N2O. The molecule has 0 unspecified atom stereocenters. The molecule has 0 saturated heterocycles. The summed E-state index contributed by atoms with van der Waals surface area (Å²) in [5, 5.41) is 9.59. The van der Waals surface area contributed by atoms with Crippen LogP contribution in [0.25, 0.3) is 110 Å². The predicted octanol–water partition coefficient (Wildman–Crippen LogP) is 14.2. The van der Waals surface area contributed by atoms with E-state index in [1.54, 1.807) is 0 Å². The highest BCUT2D eigenvalue weighted by Crippen LogP contribution is 2.41. The van der Waals surface area contributed by atoms with Crippen LogP contribution in [-0.4, -0.2) is 9.97 Å². The van der Waals surface area contributed by atoms with Gasteiger partial charge in [-0.25, -0.2) is 9.97 Å². The molecule has 0 amide bonds. The van der Waals surface area contributed by atoms with Gasteiger partial charge in [-0.1, -0.05) is 170 Å². The highest BCUT2D eigenvalue weighted by Gasteiger charge is 2.18. The first-order valence-electron chi connectivity index (χ1n) is 18.6. The van der Waals surface area contributed by atoms with Crippen LogP contribution in [0.2, 0.25) is 0 Å². The van der Waals surface area contributed by atoms with Gasteiger partial charge < -0.3 is 4.42 Å². The third kappa shape index (κ3) is 5.28. The van der Waals surface area contributed by atoms with Gasteiger partial charge in [-0.15, -0.1) is 0 Å². The number of hydrogen-bond donors (Lipinski definition) is 0. The number of hydrogen-bond acceptors (Lipinski definition) is 3. The average Bonchev–Trinajstić information content (AvgIpc) is 3.65. The molecule has 0 aliphatic heterocycles. The van der Waals surface area contributed by atoms with E-state index in [0.717, 1.165) is 61.1 Å². The minimum atomic E-state index is 0.671. The highest BCUT2D eigenvalue weighted by molar-refractivity contribution is 6.20. The van der Waals surface area contributed by atoms with Gasteiger partial charge >= 0.3 is 0 Å². The molecule has 256 valence electrons. The first-order valence-corrected chi connectivity index (χ1v) is 18.6.